The van der Waals surface area contributed by atoms with Crippen LogP contribution in [0.25, 0.3) is 0 Å². The minimum atomic E-state index is -2.96. The highest BCUT2D eigenvalue weighted by Crippen LogP contribution is 2.35. The maximum atomic E-state index is 12.0. The van der Waals surface area contributed by atoms with Gasteiger partial charge in [-0.15, -0.1) is 0 Å². The molecule has 14 heavy (non-hydrogen) atoms. The molecule has 0 radical (unpaired) electrons. The molecule has 76 valence electrons. The summed E-state index contributed by atoms with van der Waals surface area (Å²) >= 11 is 6.15. The highest BCUT2D eigenvalue weighted by Gasteiger charge is 2.15. The van der Waals surface area contributed by atoms with Crippen LogP contribution in [0.5, 0.6) is 5.75 Å². The summed E-state index contributed by atoms with van der Waals surface area (Å²) in [6.45, 7) is -2.96. The molecule has 0 N–H and O–H groups in total. The second-order valence-electron chi connectivity index (χ2n) is 2.28. The zero-order valence-electron chi connectivity index (χ0n) is 6.64. The summed E-state index contributed by atoms with van der Waals surface area (Å²) in [7, 11) is 0. The lowest BCUT2D eigenvalue weighted by atomic mass is 10.2. The number of hydrogen-bond acceptors (Lipinski definition) is 2. The predicted molar refractivity (Wildman–Crippen MR) is 53.9 cm³/mol. The maximum Gasteiger partial charge on any atom is 0.387 e. The third-order valence-electron chi connectivity index (χ3n) is 1.41. The van der Waals surface area contributed by atoms with Crippen molar-refractivity contribution in [3.8, 4) is 5.75 Å². The first kappa shape index (κ1) is 11.6. The van der Waals surface area contributed by atoms with Crippen LogP contribution in [0.3, 0.4) is 0 Å². The summed E-state index contributed by atoms with van der Waals surface area (Å²) < 4.78 is 29.0. The number of halogens is 4. The van der Waals surface area contributed by atoms with Crippen molar-refractivity contribution in [1.29, 1.82) is 0 Å². The van der Waals surface area contributed by atoms with Crippen molar-refractivity contribution in [3.05, 3.63) is 26.6 Å². The average molecular weight is 330 g/mol. The van der Waals surface area contributed by atoms with E-state index in [1.807, 2.05) is 0 Å². The first-order chi connectivity index (χ1) is 6.56. The molecule has 0 aliphatic rings. The first-order valence-electron chi connectivity index (χ1n) is 3.44. The normalized spacial score (nSPS) is 10.4. The second kappa shape index (κ2) is 4.84. The van der Waals surface area contributed by atoms with Crippen LogP contribution in [-0.2, 0) is 0 Å². The number of ether oxygens (including phenoxy) is 1. The van der Waals surface area contributed by atoms with Crippen LogP contribution < -0.4 is 4.74 Å². The van der Waals surface area contributed by atoms with Crippen LogP contribution in [0.4, 0.5) is 8.78 Å². The van der Waals surface area contributed by atoms with Crippen LogP contribution in [0.15, 0.2) is 21.1 Å². The molecule has 0 aliphatic heterocycles. The smallest absolute Gasteiger partial charge is 0.387 e. The monoisotopic (exact) mass is 328 g/mol. The van der Waals surface area contributed by atoms with Crippen LogP contribution in [0.1, 0.15) is 10.4 Å². The lowest BCUT2D eigenvalue weighted by Crippen LogP contribution is -2.05. The quantitative estimate of drug-likeness (QED) is 0.792. The number of carbonyl (C=O) groups is 1. The molecule has 6 heteroatoms. The van der Waals surface area contributed by atoms with E-state index in [-0.39, 0.29) is 11.3 Å². The van der Waals surface area contributed by atoms with E-state index >= 15 is 0 Å². The second-order valence-corrected chi connectivity index (χ2v) is 3.92. The number of alkyl halides is 2. The number of benzene rings is 1. The lowest BCUT2D eigenvalue weighted by Gasteiger charge is -2.09. The fourth-order valence-corrected chi connectivity index (χ4v) is 1.62. The Morgan fingerprint density at radius 3 is 2.50 bits per heavy atom. The van der Waals surface area contributed by atoms with E-state index in [9.17, 15) is 13.6 Å². The van der Waals surface area contributed by atoms with Gasteiger partial charge < -0.3 is 4.74 Å². The molecule has 1 aromatic rings. The Kier molecular flexibility index (Phi) is 4.00. The standard InChI is InChI=1S/C8H4Br2F2O2/c9-5-2-1-4(3-13)7(6(5)10)14-8(11)12/h1-3,8H. The van der Waals surface area contributed by atoms with E-state index in [4.69, 9.17) is 0 Å². The van der Waals surface area contributed by atoms with Gasteiger partial charge in [0.1, 0.15) is 0 Å². The highest BCUT2D eigenvalue weighted by atomic mass is 79.9. The molecule has 0 bridgehead atoms. The van der Waals surface area contributed by atoms with E-state index < -0.39 is 6.61 Å². The third-order valence-corrected chi connectivity index (χ3v) is 3.39. The number of rotatable bonds is 3. The van der Waals surface area contributed by atoms with Gasteiger partial charge >= 0.3 is 6.61 Å². The van der Waals surface area contributed by atoms with Gasteiger partial charge in [-0.1, -0.05) is 0 Å². The van der Waals surface area contributed by atoms with Crippen LogP contribution in [0, 0.1) is 0 Å². The number of aldehydes is 1. The van der Waals surface area contributed by atoms with Gasteiger partial charge in [0.15, 0.2) is 12.0 Å². The Bertz CT molecular complexity index is 355. The molecule has 0 atom stereocenters. The van der Waals surface area contributed by atoms with E-state index in [0.29, 0.717) is 15.2 Å². The van der Waals surface area contributed by atoms with Gasteiger partial charge in [0.25, 0.3) is 0 Å². The van der Waals surface area contributed by atoms with Crippen molar-refractivity contribution in [2.24, 2.45) is 0 Å². The lowest BCUT2D eigenvalue weighted by molar-refractivity contribution is -0.0506. The van der Waals surface area contributed by atoms with Gasteiger partial charge in [-0.3, -0.25) is 4.79 Å². The van der Waals surface area contributed by atoms with Crippen molar-refractivity contribution in [2.75, 3.05) is 0 Å². The molecular weight excluding hydrogens is 326 g/mol. The summed E-state index contributed by atoms with van der Waals surface area (Å²) in [6, 6.07) is 2.95. The highest BCUT2D eigenvalue weighted by molar-refractivity contribution is 9.13. The Labute approximate surface area is 95.5 Å². The van der Waals surface area contributed by atoms with E-state index in [2.05, 4.69) is 36.6 Å². The number of carbonyl (C=O) groups excluding carboxylic acids is 1. The van der Waals surface area contributed by atoms with Crippen LogP contribution in [0.2, 0.25) is 0 Å². The zero-order chi connectivity index (χ0) is 10.7. The Morgan fingerprint density at radius 1 is 1.36 bits per heavy atom. The Balaban J connectivity index is 3.20. The number of hydrogen-bond donors (Lipinski definition) is 0. The van der Waals surface area contributed by atoms with Gasteiger partial charge in [-0.05, 0) is 44.0 Å². The molecular formula is C8H4Br2F2O2. The van der Waals surface area contributed by atoms with E-state index in [1.54, 1.807) is 6.07 Å². The largest absolute Gasteiger partial charge is 0.433 e. The molecule has 1 rings (SSSR count). The van der Waals surface area contributed by atoms with Gasteiger partial charge in [-0.25, -0.2) is 0 Å². The SMILES string of the molecule is O=Cc1ccc(Br)c(Br)c1OC(F)F. The molecule has 0 saturated heterocycles. The van der Waals surface area contributed by atoms with Crippen LogP contribution >= 0.6 is 31.9 Å². The molecule has 0 aromatic heterocycles. The molecule has 1 aromatic carbocycles. The summed E-state index contributed by atoms with van der Waals surface area (Å²) in [4.78, 5) is 10.5. The molecule has 0 unspecified atom stereocenters. The van der Waals surface area contributed by atoms with Crippen molar-refractivity contribution in [3.63, 3.8) is 0 Å². The minimum Gasteiger partial charge on any atom is -0.433 e. The summed E-state index contributed by atoms with van der Waals surface area (Å²) in [5.41, 5.74) is 0.0698. The fraction of sp³-hybridized carbons (Fsp3) is 0.125. The molecule has 0 spiro atoms. The van der Waals surface area contributed by atoms with Gasteiger partial charge in [0.2, 0.25) is 0 Å². The van der Waals surface area contributed by atoms with Crippen molar-refractivity contribution >= 4 is 38.1 Å². The Hall–Kier alpha value is -0.490. The minimum absolute atomic E-state index is 0.0698. The molecule has 2 nitrogen and oxygen atoms in total. The molecule has 0 heterocycles. The topological polar surface area (TPSA) is 26.3 Å². The zero-order valence-corrected chi connectivity index (χ0v) is 9.81. The fourth-order valence-electron chi connectivity index (χ4n) is 0.849. The van der Waals surface area contributed by atoms with Crippen molar-refractivity contribution in [2.45, 2.75) is 6.61 Å². The van der Waals surface area contributed by atoms with Crippen LogP contribution in [-0.4, -0.2) is 12.9 Å². The summed E-state index contributed by atoms with van der Waals surface area (Å²) in [5.74, 6) is -0.163. The van der Waals surface area contributed by atoms with Gasteiger partial charge in [0.05, 0.1) is 10.0 Å². The predicted octanol–water partition coefficient (Wildman–Crippen LogP) is 3.63. The first-order valence-corrected chi connectivity index (χ1v) is 5.03. The Morgan fingerprint density at radius 2 is 2.00 bits per heavy atom. The van der Waals surface area contributed by atoms with Gasteiger partial charge in [0, 0.05) is 4.47 Å². The van der Waals surface area contributed by atoms with E-state index in [0.717, 1.165) is 0 Å². The molecule has 0 aliphatic carbocycles. The maximum absolute atomic E-state index is 12.0. The van der Waals surface area contributed by atoms with Crippen molar-refractivity contribution in [1.82, 2.24) is 0 Å². The summed E-state index contributed by atoms with van der Waals surface area (Å²) in [6.07, 6.45) is 0.453. The average Bonchev–Trinajstić information content (AvgIpc) is 2.13. The van der Waals surface area contributed by atoms with E-state index in [1.165, 1.54) is 6.07 Å². The van der Waals surface area contributed by atoms with Gasteiger partial charge in [-0.2, -0.15) is 8.78 Å². The molecule has 0 saturated carbocycles. The molecule has 0 amide bonds. The summed E-state index contributed by atoms with van der Waals surface area (Å²) in [5, 5.41) is 0. The molecule has 0 fully saturated rings. The third kappa shape index (κ3) is 2.51. The van der Waals surface area contributed by atoms with Crippen molar-refractivity contribution < 1.29 is 18.3 Å².